The maximum atomic E-state index is 13.3. The maximum Gasteiger partial charge on any atom is 0.211 e. The lowest BCUT2D eigenvalue weighted by Gasteiger charge is -2.08. The van der Waals surface area contributed by atoms with Gasteiger partial charge in [-0.25, -0.2) is 0 Å². The van der Waals surface area contributed by atoms with Crippen molar-refractivity contribution in [3.63, 3.8) is 0 Å². The van der Waals surface area contributed by atoms with Crippen LogP contribution in [0.4, 0.5) is 0 Å². The van der Waals surface area contributed by atoms with Crippen LogP contribution in [0.15, 0.2) is 130 Å². The summed E-state index contributed by atoms with van der Waals surface area (Å²) in [7, 11) is 0. The van der Waals surface area contributed by atoms with Crippen LogP contribution in [0.3, 0.4) is 0 Å². The molecule has 0 heterocycles. The van der Waals surface area contributed by atoms with Crippen molar-refractivity contribution < 1.29 is 9.59 Å². The summed E-state index contributed by atoms with van der Waals surface area (Å²) in [6.07, 6.45) is 0. The van der Waals surface area contributed by atoms with Gasteiger partial charge < -0.3 is 0 Å². The average Bonchev–Trinajstić information content (AvgIpc) is 2.86. The van der Waals surface area contributed by atoms with Crippen molar-refractivity contribution in [2.75, 3.05) is 6.54 Å². The van der Waals surface area contributed by atoms with Crippen LogP contribution in [0, 0.1) is 0 Å². The van der Waals surface area contributed by atoms with Gasteiger partial charge in [-0.3, -0.25) is 14.6 Å². The van der Waals surface area contributed by atoms with Crippen LogP contribution in [0.5, 0.6) is 0 Å². The fourth-order valence-electron chi connectivity index (χ4n) is 3.19. The van der Waals surface area contributed by atoms with E-state index in [2.05, 4.69) is 4.99 Å². The third-order valence-electron chi connectivity index (χ3n) is 4.83. The normalized spacial score (nSPS) is 11.2. The van der Waals surface area contributed by atoms with Crippen molar-refractivity contribution in [2.45, 2.75) is 9.79 Å². The predicted octanol–water partition coefficient (Wildman–Crippen LogP) is 6.39. The summed E-state index contributed by atoms with van der Waals surface area (Å²) in [6.45, 7) is -0.0814. The van der Waals surface area contributed by atoms with Gasteiger partial charge in [0.05, 0.1) is 0 Å². The third-order valence-corrected chi connectivity index (χ3v) is 5.85. The summed E-state index contributed by atoms with van der Waals surface area (Å²) in [6, 6.07) is 35.8. The molecule has 32 heavy (non-hydrogen) atoms. The van der Waals surface area contributed by atoms with Crippen LogP contribution >= 0.6 is 11.8 Å². The Kier molecular flexibility index (Phi) is 7.05. The third kappa shape index (κ3) is 5.48. The van der Waals surface area contributed by atoms with Gasteiger partial charge in [-0.05, 0) is 36.4 Å². The van der Waals surface area contributed by atoms with Crippen LogP contribution in [-0.4, -0.2) is 23.8 Å². The van der Waals surface area contributed by atoms with E-state index in [4.69, 9.17) is 0 Å². The zero-order chi connectivity index (χ0) is 22.2. The molecule has 4 rings (SSSR count). The molecule has 0 fully saturated rings. The molecule has 4 heteroatoms. The van der Waals surface area contributed by atoms with E-state index in [0.29, 0.717) is 22.4 Å². The Morgan fingerprint density at radius 1 is 0.562 bits per heavy atom. The highest BCUT2D eigenvalue weighted by Gasteiger charge is 2.17. The molecule has 0 amide bonds. The molecule has 0 aliphatic heterocycles. The minimum Gasteiger partial charge on any atom is -0.292 e. The molecule has 4 aromatic rings. The number of hydrogen-bond acceptors (Lipinski definition) is 4. The van der Waals surface area contributed by atoms with E-state index < -0.39 is 0 Å². The first-order chi connectivity index (χ1) is 15.7. The lowest BCUT2D eigenvalue weighted by atomic mass is 10.0. The van der Waals surface area contributed by atoms with E-state index in [-0.39, 0.29) is 18.1 Å². The zero-order valence-corrected chi connectivity index (χ0v) is 18.2. The van der Waals surface area contributed by atoms with Gasteiger partial charge in [0.15, 0.2) is 5.78 Å². The van der Waals surface area contributed by atoms with Crippen molar-refractivity contribution in [1.82, 2.24) is 0 Å². The lowest BCUT2D eigenvalue weighted by Crippen LogP contribution is -2.18. The highest BCUT2D eigenvalue weighted by Crippen LogP contribution is 2.27. The molecule has 0 aliphatic rings. The smallest absolute Gasteiger partial charge is 0.211 e. The van der Waals surface area contributed by atoms with E-state index in [1.54, 1.807) is 23.9 Å². The minimum atomic E-state index is -0.201. The number of rotatable bonds is 8. The topological polar surface area (TPSA) is 46.5 Å². The molecular formula is C28H21NO2S. The maximum absolute atomic E-state index is 13.3. The number of carbonyl (C=O) groups excluding carboxylic acids is 2. The van der Waals surface area contributed by atoms with E-state index in [1.165, 1.54) is 0 Å². The molecule has 0 N–H and O–H groups in total. The monoisotopic (exact) mass is 435 g/mol. The van der Waals surface area contributed by atoms with Gasteiger partial charge in [0.2, 0.25) is 5.78 Å². The lowest BCUT2D eigenvalue weighted by molar-refractivity contribution is 0.100. The molecule has 4 aromatic carbocycles. The number of Topliss-reactive ketones (excluding diaryl/α,β-unsaturated/α-hetero) is 2. The van der Waals surface area contributed by atoms with Gasteiger partial charge in [0.25, 0.3) is 0 Å². The molecule has 0 spiro atoms. The molecule has 0 bridgehead atoms. The van der Waals surface area contributed by atoms with Crippen LogP contribution < -0.4 is 0 Å². The molecule has 0 saturated heterocycles. The van der Waals surface area contributed by atoms with Gasteiger partial charge in [0, 0.05) is 26.5 Å². The SMILES string of the molecule is O=C(CN=C(C(=O)c1ccc(Sc2ccccc2)cc1)c1ccccc1)c1ccccc1. The highest BCUT2D eigenvalue weighted by atomic mass is 32.2. The van der Waals surface area contributed by atoms with Gasteiger partial charge in [-0.15, -0.1) is 0 Å². The van der Waals surface area contributed by atoms with Crippen molar-refractivity contribution >= 4 is 29.0 Å². The Balaban J connectivity index is 1.57. The second-order valence-electron chi connectivity index (χ2n) is 7.09. The Hall–Kier alpha value is -3.76. The summed E-state index contributed by atoms with van der Waals surface area (Å²) in [5.41, 5.74) is 2.11. The fraction of sp³-hybridized carbons (Fsp3) is 0.0357. The van der Waals surface area contributed by atoms with E-state index in [0.717, 1.165) is 9.79 Å². The quantitative estimate of drug-likeness (QED) is 0.238. The van der Waals surface area contributed by atoms with Crippen molar-refractivity contribution in [3.8, 4) is 0 Å². The Morgan fingerprint density at radius 2 is 1.06 bits per heavy atom. The molecule has 0 unspecified atom stereocenters. The summed E-state index contributed by atoms with van der Waals surface area (Å²) in [5.74, 6) is -0.324. The standard InChI is InChI=1S/C28H21NO2S/c30-26(21-10-4-1-5-11-21)20-29-27(22-12-6-2-7-13-22)28(31)23-16-18-25(19-17-23)32-24-14-8-3-9-15-24/h1-19H,20H2. The van der Waals surface area contributed by atoms with Crippen molar-refractivity contribution in [3.05, 3.63) is 132 Å². The molecule has 156 valence electrons. The van der Waals surface area contributed by atoms with Gasteiger partial charge in [-0.2, -0.15) is 0 Å². The Morgan fingerprint density at radius 3 is 1.66 bits per heavy atom. The largest absolute Gasteiger partial charge is 0.292 e. The summed E-state index contributed by atoms with van der Waals surface area (Å²) in [4.78, 5) is 32.5. The number of nitrogens with zero attached hydrogens (tertiary/aromatic N) is 1. The average molecular weight is 436 g/mol. The van der Waals surface area contributed by atoms with Crippen LogP contribution in [0.25, 0.3) is 0 Å². The summed E-state index contributed by atoms with van der Waals surface area (Å²) in [5, 5.41) is 0. The van der Waals surface area contributed by atoms with Gasteiger partial charge in [-0.1, -0.05) is 90.6 Å². The van der Waals surface area contributed by atoms with Crippen LogP contribution in [0.2, 0.25) is 0 Å². The Bertz CT molecular complexity index is 1220. The summed E-state index contributed by atoms with van der Waals surface area (Å²) < 4.78 is 0. The minimum absolute atomic E-state index is 0.0814. The van der Waals surface area contributed by atoms with Crippen molar-refractivity contribution in [2.24, 2.45) is 4.99 Å². The van der Waals surface area contributed by atoms with E-state index in [9.17, 15) is 9.59 Å². The molecule has 0 atom stereocenters. The van der Waals surface area contributed by atoms with Gasteiger partial charge in [0.1, 0.15) is 12.3 Å². The highest BCUT2D eigenvalue weighted by molar-refractivity contribution is 7.99. The number of aliphatic imine (C=N–C) groups is 1. The fourth-order valence-corrected chi connectivity index (χ4v) is 4.03. The zero-order valence-electron chi connectivity index (χ0n) is 17.3. The molecule has 3 nitrogen and oxygen atoms in total. The number of hydrogen-bond donors (Lipinski definition) is 0. The molecule has 0 saturated carbocycles. The van der Waals surface area contributed by atoms with Crippen LogP contribution in [0.1, 0.15) is 26.3 Å². The first-order valence-electron chi connectivity index (χ1n) is 10.3. The number of ketones is 2. The second-order valence-corrected chi connectivity index (χ2v) is 8.24. The number of benzene rings is 4. The summed E-state index contributed by atoms with van der Waals surface area (Å²) >= 11 is 1.64. The predicted molar refractivity (Wildman–Crippen MR) is 130 cm³/mol. The second kappa shape index (κ2) is 10.5. The van der Waals surface area contributed by atoms with Gasteiger partial charge >= 0.3 is 0 Å². The Labute approximate surface area is 191 Å². The molecule has 0 aromatic heterocycles. The van der Waals surface area contributed by atoms with Crippen LogP contribution in [-0.2, 0) is 0 Å². The molecular weight excluding hydrogens is 414 g/mol. The first-order valence-corrected chi connectivity index (χ1v) is 11.1. The molecule has 0 aliphatic carbocycles. The van der Waals surface area contributed by atoms with E-state index in [1.807, 2.05) is 103 Å². The van der Waals surface area contributed by atoms with E-state index >= 15 is 0 Å². The molecule has 0 radical (unpaired) electrons. The first kappa shape index (κ1) is 21.5. The number of carbonyl (C=O) groups is 2. The van der Waals surface area contributed by atoms with Crippen molar-refractivity contribution in [1.29, 1.82) is 0 Å².